The maximum atomic E-state index is 3.25. The van der Waals surface area contributed by atoms with Crippen LogP contribution in [-0.4, -0.2) is 11.0 Å². The molecule has 0 atom stereocenters. The van der Waals surface area contributed by atoms with Crippen molar-refractivity contribution in [1.29, 1.82) is 0 Å². The minimum Gasteiger partial charge on any atom is -1.00 e. The van der Waals surface area contributed by atoms with E-state index in [4.69, 9.17) is 0 Å². The first kappa shape index (κ1) is 59.0. The van der Waals surface area contributed by atoms with Gasteiger partial charge in [-0.05, 0) is 11.0 Å². The third kappa shape index (κ3) is 173. The number of rotatable bonds is 0. The van der Waals surface area contributed by atoms with Gasteiger partial charge in [0.25, 0.3) is 0 Å². The standard InChI is InChI=1S/C3H5.CH3.2ClH.H4Si.Zr/c1-3-2;;;;;/h3H,1-2H2;1H3;2*1H;1H4;/q2*-1;;;;+4/p-2. The summed E-state index contributed by atoms with van der Waals surface area (Å²) in [5.74, 6) is 0. The first-order chi connectivity index (χ1) is 1.41. The zero-order chi connectivity index (χ0) is 2.71. The van der Waals surface area contributed by atoms with Crippen LogP contribution >= 0.6 is 0 Å². The second-order valence-corrected chi connectivity index (χ2v) is 0.289. The van der Waals surface area contributed by atoms with Crippen LogP contribution in [0.2, 0.25) is 0 Å². The Balaban J connectivity index is -0.00000000200. The van der Waals surface area contributed by atoms with Gasteiger partial charge in [0.05, 0.1) is 0 Å². The molecule has 0 aliphatic rings. The molecule has 0 radical (unpaired) electrons. The molecule has 0 fully saturated rings. The van der Waals surface area contributed by atoms with Gasteiger partial charge in [-0.15, -0.1) is 0 Å². The molecule has 0 saturated heterocycles. The zero-order valence-electron chi connectivity index (χ0n) is 4.25. The van der Waals surface area contributed by atoms with Crippen LogP contribution in [0.5, 0.6) is 0 Å². The average molecular weight is 250 g/mol. The fourth-order valence-electron chi connectivity index (χ4n) is 0. The molecule has 0 aromatic carbocycles. The van der Waals surface area contributed by atoms with Crippen molar-refractivity contribution in [1.82, 2.24) is 0 Å². The van der Waals surface area contributed by atoms with E-state index in [1.165, 1.54) is 6.08 Å². The maximum absolute atomic E-state index is 3.25. The Morgan fingerprint density at radius 3 is 1.25 bits per heavy atom. The summed E-state index contributed by atoms with van der Waals surface area (Å²) in [6.45, 7) is 6.50. The van der Waals surface area contributed by atoms with E-state index in [0.717, 1.165) is 0 Å². The molecule has 8 heavy (non-hydrogen) atoms. The first-order valence-corrected chi connectivity index (χ1v) is 0.816. The quantitative estimate of drug-likeness (QED) is 0.297. The normalized spacial score (nSPS) is 1.50. The summed E-state index contributed by atoms with van der Waals surface area (Å²) >= 11 is 0. The van der Waals surface area contributed by atoms with Crippen LogP contribution in [0.1, 0.15) is 0 Å². The van der Waals surface area contributed by atoms with E-state index >= 15 is 0 Å². The smallest absolute Gasteiger partial charge is 1.00 e. The summed E-state index contributed by atoms with van der Waals surface area (Å²) < 4.78 is 0. The topological polar surface area (TPSA) is 0 Å². The van der Waals surface area contributed by atoms with Gasteiger partial charge in [-0.1, -0.05) is 0 Å². The maximum Gasteiger partial charge on any atom is 4.00 e. The van der Waals surface area contributed by atoms with E-state index in [0.29, 0.717) is 0 Å². The third-order valence-electron chi connectivity index (χ3n) is 0. The van der Waals surface area contributed by atoms with Crippen LogP contribution < -0.4 is 24.8 Å². The van der Waals surface area contributed by atoms with E-state index in [1.54, 1.807) is 0 Å². The van der Waals surface area contributed by atoms with Crippen molar-refractivity contribution in [3.8, 4) is 0 Å². The summed E-state index contributed by atoms with van der Waals surface area (Å²) in [5, 5.41) is 0. The minimum atomic E-state index is 0. The van der Waals surface area contributed by atoms with Gasteiger partial charge in [-0.25, -0.2) is 19.6 Å². The van der Waals surface area contributed by atoms with Crippen molar-refractivity contribution in [3.05, 3.63) is 27.0 Å². The molecule has 0 spiro atoms. The van der Waals surface area contributed by atoms with Crippen molar-refractivity contribution in [3.63, 3.8) is 0 Å². The Hall–Kier alpha value is 1.29. The van der Waals surface area contributed by atoms with Crippen molar-refractivity contribution in [2.75, 3.05) is 0 Å². The molecule has 50 valence electrons. The largest absolute Gasteiger partial charge is 4.00 e. The summed E-state index contributed by atoms with van der Waals surface area (Å²) in [4.78, 5) is 0. The summed E-state index contributed by atoms with van der Waals surface area (Å²) in [5.41, 5.74) is 0. The molecule has 0 heterocycles. The second-order valence-electron chi connectivity index (χ2n) is 0.289. The molecule has 0 aliphatic carbocycles. The molecule has 0 aromatic heterocycles. The van der Waals surface area contributed by atoms with Crippen LogP contribution in [-0.2, 0) is 26.2 Å². The van der Waals surface area contributed by atoms with Gasteiger partial charge in [0.15, 0.2) is 0 Å². The van der Waals surface area contributed by atoms with Crippen molar-refractivity contribution in [2.45, 2.75) is 0 Å². The molecule has 0 amide bonds. The number of allylic oxidation sites excluding steroid dienone is 1. The van der Waals surface area contributed by atoms with Gasteiger partial charge in [0.1, 0.15) is 0 Å². The average Bonchev–Trinajstić information content (AvgIpc) is 0.918. The summed E-state index contributed by atoms with van der Waals surface area (Å²) in [7, 11) is 0. The predicted molar refractivity (Wildman–Crippen MR) is 33.3 cm³/mol. The van der Waals surface area contributed by atoms with Crippen molar-refractivity contribution in [2.24, 2.45) is 0 Å². The number of hydrogen-bond acceptors (Lipinski definition) is 0. The molecule has 0 aliphatic heterocycles. The molecule has 4 heteroatoms. The molecular formula is C4H12Cl2SiZr. The summed E-state index contributed by atoms with van der Waals surface area (Å²) in [6, 6.07) is 0. The first-order valence-electron chi connectivity index (χ1n) is 0.816. The Morgan fingerprint density at radius 1 is 1.25 bits per heavy atom. The fraction of sp³-hybridized carbons (Fsp3) is 0. The van der Waals surface area contributed by atoms with E-state index in [9.17, 15) is 0 Å². The molecule has 0 unspecified atom stereocenters. The Morgan fingerprint density at radius 2 is 1.25 bits per heavy atom. The summed E-state index contributed by atoms with van der Waals surface area (Å²) in [6.07, 6.45) is 1.50. The van der Waals surface area contributed by atoms with Crippen molar-refractivity contribution < 1.29 is 51.0 Å². The Bertz CT molecular complexity index is 21.5. The van der Waals surface area contributed by atoms with Crippen LogP contribution in [0.25, 0.3) is 0 Å². The van der Waals surface area contributed by atoms with Crippen LogP contribution in [0.3, 0.4) is 0 Å². The number of hydrogen-bond donors (Lipinski definition) is 0. The van der Waals surface area contributed by atoms with Gasteiger partial charge >= 0.3 is 26.2 Å². The predicted octanol–water partition coefficient (Wildman–Crippen LogP) is -5.99. The van der Waals surface area contributed by atoms with E-state index < -0.39 is 0 Å². The van der Waals surface area contributed by atoms with Gasteiger partial charge in [0, 0.05) is 0 Å². The van der Waals surface area contributed by atoms with Gasteiger partial charge in [0.2, 0.25) is 0 Å². The Labute approximate surface area is 88.5 Å². The fourth-order valence-corrected chi connectivity index (χ4v) is 0. The van der Waals surface area contributed by atoms with Crippen LogP contribution in [0.4, 0.5) is 0 Å². The minimum absolute atomic E-state index is 0. The zero-order valence-corrected chi connectivity index (χ0v) is 8.22. The third-order valence-corrected chi connectivity index (χ3v) is 0. The number of halogens is 2. The van der Waals surface area contributed by atoms with E-state index in [2.05, 4.69) is 13.5 Å². The van der Waals surface area contributed by atoms with Gasteiger partial charge < -0.3 is 32.2 Å². The second kappa shape index (κ2) is 84.0. The van der Waals surface area contributed by atoms with Crippen LogP contribution in [0, 0.1) is 14.4 Å². The SMILES string of the molecule is C=C[CH2-].[CH3-].[Cl-].[Cl-].[SiH4].[Zr+4]. The molecule has 0 rings (SSSR count). The molecule has 0 bridgehead atoms. The van der Waals surface area contributed by atoms with Gasteiger partial charge in [-0.3, -0.25) is 0 Å². The van der Waals surface area contributed by atoms with Crippen molar-refractivity contribution >= 4 is 11.0 Å². The van der Waals surface area contributed by atoms with E-state index in [-0.39, 0.29) is 69.4 Å². The van der Waals surface area contributed by atoms with Gasteiger partial charge in [-0.2, -0.15) is 0 Å². The molecule has 0 aromatic rings. The molecular weight excluding hydrogens is 238 g/mol. The molecule has 0 nitrogen and oxygen atoms in total. The van der Waals surface area contributed by atoms with Crippen LogP contribution in [0.15, 0.2) is 12.7 Å². The monoisotopic (exact) mass is 248 g/mol. The molecule has 0 N–H and O–H groups in total. The Kier molecular flexibility index (Phi) is 619. The van der Waals surface area contributed by atoms with E-state index in [1.807, 2.05) is 0 Å². The molecule has 0 saturated carbocycles.